The predicted molar refractivity (Wildman–Crippen MR) is 87.4 cm³/mol. The maximum Gasteiger partial charge on any atom is 0.401 e. The van der Waals surface area contributed by atoms with Gasteiger partial charge in [-0.25, -0.2) is 0 Å². The number of rotatable bonds is 8. The van der Waals surface area contributed by atoms with E-state index in [4.69, 9.17) is 5.11 Å². The number of halogens is 3. The number of nitrogens with one attached hydrogen (secondary N) is 1. The van der Waals surface area contributed by atoms with Crippen molar-refractivity contribution in [2.24, 2.45) is 5.92 Å². The van der Waals surface area contributed by atoms with Crippen molar-refractivity contribution in [3.63, 3.8) is 0 Å². The molecule has 0 aromatic carbocycles. The normalized spacial score (nSPS) is 29.0. The molecule has 2 saturated carbocycles. The Morgan fingerprint density at radius 1 is 1.12 bits per heavy atom. The third kappa shape index (κ3) is 6.11. The van der Waals surface area contributed by atoms with Crippen LogP contribution in [-0.4, -0.2) is 77.9 Å². The fourth-order valence-electron chi connectivity index (χ4n) is 4.02. The maximum atomic E-state index is 12.4. The van der Waals surface area contributed by atoms with Gasteiger partial charge in [0.15, 0.2) is 0 Å². The summed E-state index contributed by atoms with van der Waals surface area (Å²) >= 11 is 0. The number of nitrogens with zero attached hydrogens (tertiary/aromatic N) is 2. The highest BCUT2D eigenvalue weighted by atomic mass is 19.4. The van der Waals surface area contributed by atoms with Gasteiger partial charge in [0.1, 0.15) is 0 Å². The number of piperidine rings is 1. The fraction of sp³-hybridized carbons (Fsp3) is 0.941. The second kappa shape index (κ2) is 7.80. The summed E-state index contributed by atoms with van der Waals surface area (Å²) in [5.41, 5.74) is 0. The lowest BCUT2D eigenvalue weighted by Gasteiger charge is -2.45. The standard InChI is InChI=1S/C17H28F3N3O2/c18-17(19,20)11-22-5-3-13(4-6-22)21-14-7-15(8-14)23(10-16(24)25)9-12-1-2-12/h12-15,21H,1-11H2,(H,24,25). The molecule has 3 rings (SSSR count). The van der Waals surface area contributed by atoms with Gasteiger partial charge in [0, 0.05) is 24.7 Å². The molecule has 0 bridgehead atoms. The van der Waals surface area contributed by atoms with Gasteiger partial charge in [-0.3, -0.25) is 14.6 Å². The highest BCUT2D eigenvalue weighted by Gasteiger charge is 2.38. The zero-order valence-electron chi connectivity index (χ0n) is 14.5. The quantitative estimate of drug-likeness (QED) is 0.690. The number of carboxylic acids is 1. The van der Waals surface area contributed by atoms with Crippen LogP contribution in [0.2, 0.25) is 0 Å². The molecule has 3 fully saturated rings. The molecule has 1 aliphatic heterocycles. The van der Waals surface area contributed by atoms with E-state index in [2.05, 4.69) is 10.2 Å². The van der Waals surface area contributed by atoms with Gasteiger partial charge < -0.3 is 10.4 Å². The molecule has 1 heterocycles. The Hall–Kier alpha value is -0.860. The Morgan fingerprint density at radius 3 is 2.28 bits per heavy atom. The predicted octanol–water partition coefficient (Wildman–Crippen LogP) is 1.93. The van der Waals surface area contributed by atoms with E-state index in [-0.39, 0.29) is 12.6 Å². The van der Waals surface area contributed by atoms with E-state index in [0.29, 0.717) is 31.1 Å². The topological polar surface area (TPSA) is 55.8 Å². The molecule has 8 heteroatoms. The van der Waals surface area contributed by atoms with Gasteiger partial charge in [-0.05, 0) is 57.5 Å². The smallest absolute Gasteiger partial charge is 0.401 e. The highest BCUT2D eigenvalue weighted by Crippen LogP contribution is 2.34. The van der Waals surface area contributed by atoms with Gasteiger partial charge in [0.2, 0.25) is 0 Å². The molecule has 0 amide bonds. The first kappa shape index (κ1) is 18.9. The van der Waals surface area contributed by atoms with E-state index >= 15 is 0 Å². The van der Waals surface area contributed by atoms with Crippen LogP contribution in [0.3, 0.4) is 0 Å². The van der Waals surface area contributed by atoms with Gasteiger partial charge in [-0.1, -0.05) is 0 Å². The lowest BCUT2D eigenvalue weighted by molar-refractivity contribution is -0.148. The summed E-state index contributed by atoms with van der Waals surface area (Å²) in [6, 6.07) is 0.992. The second-order valence-electron chi connectivity index (χ2n) is 7.92. The van der Waals surface area contributed by atoms with E-state index in [9.17, 15) is 18.0 Å². The number of carboxylic acid groups (broad SMARTS) is 1. The zero-order chi connectivity index (χ0) is 18.0. The number of alkyl halides is 3. The summed E-state index contributed by atoms with van der Waals surface area (Å²) in [5, 5.41) is 12.6. The van der Waals surface area contributed by atoms with Crippen LogP contribution in [0, 0.1) is 5.92 Å². The first-order valence-electron chi connectivity index (χ1n) is 9.29. The molecule has 2 N–H and O–H groups in total. The lowest BCUT2D eigenvalue weighted by Crippen LogP contribution is -2.57. The highest BCUT2D eigenvalue weighted by molar-refractivity contribution is 5.69. The van der Waals surface area contributed by atoms with Crippen LogP contribution >= 0.6 is 0 Å². The number of hydrogen-bond donors (Lipinski definition) is 2. The van der Waals surface area contributed by atoms with E-state index in [1.807, 2.05) is 0 Å². The SMILES string of the molecule is O=C(O)CN(CC1CC1)C1CC(NC2CCN(CC(F)(F)F)CC2)C1. The molecule has 0 unspecified atom stereocenters. The van der Waals surface area contributed by atoms with Gasteiger partial charge in [0.25, 0.3) is 0 Å². The number of likely N-dealkylation sites (tertiary alicyclic amines) is 1. The molecule has 0 spiro atoms. The number of carbonyl (C=O) groups is 1. The van der Waals surface area contributed by atoms with Gasteiger partial charge in [-0.2, -0.15) is 13.2 Å². The third-order valence-electron chi connectivity index (χ3n) is 5.62. The first-order valence-corrected chi connectivity index (χ1v) is 9.29. The molecule has 5 nitrogen and oxygen atoms in total. The molecule has 1 saturated heterocycles. The molecule has 0 atom stereocenters. The molecule has 3 aliphatic rings. The summed E-state index contributed by atoms with van der Waals surface area (Å²) in [7, 11) is 0. The van der Waals surface area contributed by atoms with Gasteiger partial charge in [-0.15, -0.1) is 0 Å². The third-order valence-corrected chi connectivity index (χ3v) is 5.62. The van der Waals surface area contributed by atoms with Crippen LogP contribution < -0.4 is 5.32 Å². The largest absolute Gasteiger partial charge is 0.480 e. The number of aliphatic carboxylic acids is 1. The van der Waals surface area contributed by atoms with Crippen LogP contribution in [0.1, 0.15) is 38.5 Å². The van der Waals surface area contributed by atoms with Crippen LogP contribution in [-0.2, 0) is 4.79 Å². The molecule has 0 aromatic heterocycles. The monoisotopic (exact) mass is 363 g/mol. The van der Waals surface area contributed by atoms with Crippen LogP contribution in [0.25, 0.3) is 0 Å². The summed E-state index contributed by atoms with van der Waals surface area (Å²) in [5.74, 6) is -0.0987. The first-order chi connectivity index (χ1) is 11.8. The van der Waals surface area contributed by atoms with E-state index < -0.39 is 18.7 Å². The van der Waals surface area contributed by atoms with Crippen molar-refractivity contribution in [3.05, 3.63) is 0 Å². The molecule has 0 aromatic rings. The second-order valence-corrected chi connectivity index (χ2v) is 7.92. The number of hydrogen-bond acceptors (Lipinski definition) is 4. The van der Waals surface area contributed by atoms with Gasteiger partial charge in [0.05, 0.1) is 13.1 Å². The Kier molecular flexibility index (Phi) is 5.90. The van der Waals surface area contributed by atoms with Crippen molar-refractivity contribution in [3.8, 4) is 0 Å². The minimum atomic E-state index is -4.11. The Labute approximate surface area is 146 Å². The van der Waals surface area contributed by atoms with Crippen molar-refractivity contribution in [1.29, 1.82) is 0 Å². The van der Waals surface area contributed by atoms with Crippen molar-refractivity contribution >= 4 is 5.97 Å². The minimum absolute atomic E-state index is 0.115. The summed E-state index contributed by atoms with van der Waals surface area (Å²) < 4.78 is 37.2. The van der Waals surface area contributed by atoms with Crippen molar-refractivity contribution < 1.29 is 23.1 Å². The van der Waals surface area contributed by atoms with Gasteiger partial charge >= 0.3 is 12.1 Å². The van der Waals surface area contributed by atoms with Crippen LogP contribution in [0.4, 0.5) is 13.2 Å². The molecule has 25 heavy (non-hydrogen) atoms. The Bertz CT molecular complexity index is 457. The Balaban J connectivity index is 1.35. The summed E-state index contributed by atoms with van der Waals surface area (Å²) in [6.07, 6.45) is 1.69. The van der Waals surface area contributed by atoms with E-state index in [1.165, 1.54) is 17.7 Å². The van der Waals surface area contributed by atoms with Crippen molar-refractivity contribution in [2.45, 2.75) is 62.8 Å². The molecule has 0 radical (unpaired) electrons. The average Bonchev–Trinajstić information content (AvgIpc) is 3.25. The van der Waals surface area contributed by atoms with Crippen molar-refractivity contribution in [2.75, 3.05) is 32.7 Å². The van der Waals surface area contributed by atoms with Crippen LogP contribution in [0.15, 0.2) is 0 Å². The fourth-order valence-corrected chi connectivity index (χ4v) is 4.02. The zero-order valence-corrected chi connectivity index (χ0v) is 14.5. The maximum absolute atomic E-state index is 12.4. The lowest BCUT2D eigenvalue weighted by atomic mass is 9.84. The average molecular weight is 363 g/mol. The summed E-state index contributed by atoms with van der Waals surface area (Å²) in [6.45, 7) is 1.17. The molecular formula is C17H28F3N3O2. The van der Waals surface area contributed by atoms with E-state index in [1.54, 1.807) is 0 Å². The molecule has 144 valence electrons. The Morgan fingerprint density at radius 2 is 1.76 bits per heavy atom. The minimum Gasteiger partial charge on any atom is -0.480 e. The van der Waals surface area contributed by atoms with E-state index in [0.717, 1.165) is 32.2 Å². The summed E-state index contributed by atoms with van der Waals surface area (Å²) in [4.78, 5) is 14.6. The molecule has 2 aliphatic carbocycles. The van der Waals surface area contributed by atoms with Crippen molar-refractivity contribution in [1.82, 2.24) is 15.1 Å². The molecular weight excluding hydrogens is 335 g/mol. The van der Waals surface area contributed by atoms with Crippen LogP contribution in [0.5, 0.6) is 0 Å².